The van der Waals surface area contributed by atoms with E-state index in [1.807, 2.05) is 49.4 Å². The number of aromatic hydroxyl groups is 1. The summed E-state index contributed by atoms with van der Waals surface area (Å²) < 4.78 is 5.69. The van der Waals surface area contributed by atoms with Gasteiger partial charge in [0.25, 0.3) is 0 Å². The fourth-order valence-electron chi connectivity index (χ4n) is 2.90. The maximum absolute atomic E-state index is 10.3. The number of rotatable bonds is 8. The fourth-order valence-corrected chi connectivity index (χ4v) is 2.90. The second-order valence-corrected chi connectivity index (χ2v) is 6.71. The zero-order valence-electron chi connectivity index (χ0n) is 15.2. The molecule has 0 aliphatic heterocycles. The van der Waals surface area contributed by atoms with Gasteiger partial charge in [-0.05, 0) is 47.5 Å². The summed E-state index contributed by atoms with van der Waals surface area (Å²) in [7, 11) is 0. The molecule has 0 aromatic heterocycles. The van der Waals surface area contributed by atoms with Crippen LogP contribution >= 0.6 is 0 Å². The monoisotopic (exact) mass is 367 g/mol. The largest absolute Gasteiger partial charge is 0.508 e. The molecule has 0 amide bonds. The van der Waals surface area contributed by atoms with Crippen LogP contribution in [0, 0.1) is 0 Å². The summed E-state index contributed by atoms with van der Waals surface area (Å²) in [6.45, 7) is 2.30. The van der Waals surface area contributed by atoms with Gasteiger partial charge in [-0.2, -0.15) is 0 Å². The van der Waals surface area contributed by atoms with Crippen molar-refractivity contribution in [2.45, 2.75) is 25.2 Å². The van der Waals surface area contributed by atoms with Crippen LogP contribution in [0.3, 0.4) is 0 Å². The zero-order valence-corrected chi connectivity index (χ0v) is 15.2. The van der Waals surface area contributed by atoms with E-state index in [0.29, 0.717) is 17.9 Å². The van der Waals surface area contributed by atoms with Crippen molar-refractivity contribution in [3.63, 3.8) is 0 Å². The number of ether oxygens (including phenoxy) is 1. The van der Waals surface area contributed by atoms with Crippen LogP contribution in [0.2, 0.25) is 0 Å². The predicted octanol–water partition coefficient (Wildman–Crippen LogP) is 3.00. The van der Waals surface area contributed by atoms with Gasteiger partial charge in [0.2, 0.25) is 0 Å². The standard InChI is InChI=1S/C22H25NO4/c1-15(22(26)17-6-9-19(24)10-7-17)23-13-20(25)14-27-21-11-8-16-4-2-3-5-18(16)12-21/h2-12,15,20,22-26H,13-14H2,1H3/t15-,20+,22-/m0/s1. The molecule has 5 nitrogen and oxygen atoms in total. The summed E-state index contributed by atoms with van der Waals surface area (Å²) in [4.78, 5) is 0. The minimum absolute atomic E-state index is 0.160. The summed E-state index contributed by atoms with van der Waals surface area (Å²) in [6, 6.07) is 20.0. The highest BCUT2D eigenvalue weighted by atomic mass is 16.5. The van der Waals surface area contributed by atoms with Crippen molar-refractivity contribution in [1.29, 1.82) is 0 Å². The first kappa shape index (κ1) is 19.2. The normalized spacial score (nSPS) is 14.6. The molecule has 0 aliphatic rings. The number of benzene rings is 3. The van der Waals surface area contributed by atoms with Crippen LogP contribution in [0.15, 0.2) is 66.7 Å². The zero-order chi connectivity index (χ0) is 19.2. The van der Waals surface area contributed by atoms with Crippen molar-refractivity contribution in [2.75, 3.05) is 13.2 Å². The average Bonchev–Trinajstić information content (AvgIpc) is 2.70. The van der Waals surface area contributed by atoms with Crippen LogP contribution in [0.4, 0.5) is 0 Å². The summed E-state index contributed by atoms with van der Waals surface area (Å²) in [5.41, 5.74) is 0.703. The lowest BCUT2D eigenvalue weighted by Gasteiger charge is -2.22. The minimum atomic E-state index is -0.737. The summed E-state index contributed by atoms with van der Waals surface area (Å²) >= 11 is 0. The number of nitrogens with one attached hydrogen (secondary N) is 1. The molecule has 27 heavy (non-hydrogen) atoms. The lowest BCUT2D eigenvalue weighted by molar-refractivity contribution is 0.0876. The van der Waals surface area contributed by atoms with E-state index in [1.54, 1.807) is 12.1 Å². The molecule has 3 rings (SSSR count). The summed E-state index contributed by atoms with van der Waals surface area (Å²) in [5.74, 6) is 0.873. The maximum Gasteiger partial charge on any atom is 0.120 e. The Labute approximate surface area is 158 Å². The predicted molar refractivity (Wildman–Crippen MR) is 106 cm³/mol. The molecule has 0 aliphatic carbocycles. The lowest BCUT2D eigenvalue weighted by Crippen LogP contribution is -2.39. The Bertz CT molecular complexity index is 866. The van der Waals surface area contributed by atoms with Crippen molar-refractivity contribution >= 4 is 10.8 Å². The van der Waals surface area contributed by atoms with E-state index in [4.69, 9.17) is 4.74 Å². The van der Waals surface area contributed by atoms with Crippen LogP contribution in [0.25, 0.3) is 10.8 Å². The number of aliphatic hydroxyl groups is 2. The Morgan fingerprint density at radius 1 is 0.926 bits per heavy atom. The first-order chi connectivity index (χ1) is 13.0. The van der Waals surface area contributed by atoms with Gasteiger partial charge in [0.1, 0.15) is 24.2 Å². The smallest absolute Gasteiger partial charge is 0.120 e. The molecule has 0 spiro atoms. The van der Waals surface area contributed by atoms with Crippen molar-refractivity contribution in [3.05, 3.63) is 72.3 Å². The van der Waals surface area contributed by atoms with E-state index in [9.17, 15) is 15.3 Å². The molecule has 142 valence electrons. The first-order valence-electron chi connectivity index (χ1n) is 9.03. The number of fused-ring (bicyclic) bond motifs is 1. The van der Waals surface area contributed by atoms with Crippen molar-refractivity contribution in [1.82, 2.24) is 5.32 Å². The second-order valence-electron chi connectivity index (χ2n) is 6.71. The molecule has 0 unspecified atom stereocenters. The second kappa shape index (κ2) is 8.86. The number of phenolic OH excluding ortho intramolecular Hbond substituents is 1. The van der Waals surface area contributed by atoms with Gasteiger partial charge in [0, 0.05) is 12.6 Å². The van der Waals surface area contributed by atoms with Crippen LogP contribution < -0.4 is 10.1 Å². The molecule has 0 fully saturated rings. The molecule has 0 saturated heterocycles. The van der Waals surface area contributed by atoms with Gasteiger partial charge >= 0.3 is 0 Å². The highest BCUT2D eigenvalue weighted by molar-refractivity contribution is 5.83. The average molecular weight is 367 g/mol. The molecule has 3 aromatic carbocycles. The van der Waals surface area contributed by atoms with E-state index >= 15 is 0 Å². The van der Waals surface area contributed by atoms with Crippen LogP contribution in [0.5, 0.6) is 11.5 Å². The van der Waals surface area contributed by atoms with Crippen LogP contribution in [0.1, 0.15) is 18.6 Å². The molecule has 0 radical (unpaired) electrons. The Balaban J connectivity index is 1.47. The van der Waals surface area contributed by atoms with E-state index in [0.717, 1.165) is 10.8 Å². The molecule has 3 aromatic rings. The molecule has 3 atom stereocenters. The molecule has 4 N–H and O–H groups in total. The molecule has 0 bridgehead atoms. The molecule has 0 saturated carbocycles. The summed E-state index contributed by atoms with van der Waals surface area (Å²) in [6.07, 6.45) is -1.44. The molecule has 0 heterocycles. The Morgan fingerprint density at radius 3 is 2.37 bits per heavy atom. The van der Waals surface area contributed by atoms with Crippen molar-refractivity contribution < 1.29 is 20.1 Å². The first-order valence-corrected chi connectivity index (χ1v) is 9.03. The number of phenols is 1. The van der Waals surface area contributed by atoms with E-state index in [-0.39, 0.29) is 18.4 Å². The molecular weight excluding hydrogens is 342 g/mol. The Morgan fingerprint density at radius 2 is 1.63 bits per heavy atom. The third-order valence-electron chi connectivity index (χ3n) is 4.55. The topological polar surface area (TPSA) is 82.0 Å². The minimum Gasteiger partial charge on any atom is -0.508 e. The Kier molecular flexibility index (Phi) is 6.29. The molecule has 5 heteroatoms. The van der Waals surface area contributed by atoms with E-state index < -0.39 is 12.2 Å². The number of hydrogen-bond acceptors (Lipinski definition) is 5. The third-order valence-corrected chi connectivity index (χ3v) is 4.55. The Hall–Kier alpha value is -2.60. The highest BCUT2D eigenvalue weighted by Gasteiger charge is 2.17. The van der Waals surface area contributed by atoms with Gasteiger partial charge < -0.3 is 25.4 Å². The van der Waals surface area contributed by atoms with Crippen LogP contribution in [-0.4, -0.2) is 40.6 Å². The van der Waals surface area contributed by atoms with Gasteiger partial charge in [0.05, 0.1) is 6.10 Å². The quantitative estimate of drug-likeness (QED) is 0.492. The molecular formula is C22H25NO4. The summed E-state index contributed by atoms with van der Waals surface area (Å²) in [5, 5.41) is 35.2. The number of hydrogen-bond donors (Lipinski definition) is 4. The van der Waals surface area contributed by atoms with Gasteiger partial charge in [-0.3, -0.25) is 0 Å². The van der Waals surface area contributed by atoms with Crippen LogP contribution in [-0.2, 0) is 0 Å². The van der Waals surface area contributed by atoms with Gasteiger partial charge in [-0.1, -0.05) is 42.5 Å². The van der Waals surface area contributed by atoms with Crippen molar-refractivity contribution in [3.8, 4) is 11.5 Å². The van der Waals surface area contributed by atoms with Gasteiger partial charge in [0.15, 0.2) is 0 Å². The number of aliphatic hydroxyl groups excluding tert-OH is 2. The highest BCUT2D eigenvalue weighted by Crippen LogP contribution is 2.21. The lowest BCUT2D eigenvalue weighted by atomic mass is 10.0. The maximum atomic E-state index is 10.3. The van der Waals surface area contributed by atoms with Crippen molar-refractivity contribution in [2.24, 2.45) is 0 Å². The van der Waals surface area contributed by atoms with Gasteiger partial charge in [-0.25, -0.2) is 0 Å². The SMILES string of the molecule is C[C@H](NC[C@@H](O)COc1ccc2ccccc2c1)[C@H](O)c1ccc(O)cc1. The van der Waals surface area contributed by atoms with E-state index in [1.165, 1.54) is 12.1 Å². The van der Waals surface area contributed by atoms with E-state index in [2.05, 4.69) is 5.32 Å². The third kappa shape index (κ3) is 5.20. The van der Waals surface area contributed by atoms with Gasteiger partial charge in [-0.15, -0.1) is 0 Å². The fraction of sp³-hybridized carbons (Fsp3) is 0.273.